The molecule has 0 aliphatic carbocycles. The molecular weight excluding hydrogens is 200 g/mol. The summed E-state index contributed by atoms with van der Waals surface area (Å²) in [6.07, 6.45) is 4.62. The number of aryl methyl sites for hydroxylation is 1. The summed E-state index contributed by atoms with van der Waals surface area (Å²) in [6.45, 7) is 2.07. The molecule has 2 heterocycles. The van der Waals surface area contributed by atoms with Crippen molar-refractivity contribution in [3.63, 3.8) is 0 Å². The van der Waals surface area contributed by atoms with Crippen molar-refractivity contribution in [3.8, 4) is 0 Å². The van der Waals surface area contributed by atoms with E-state index in [0.717, 1.165) is 17.8 Å². The predicted octanol–water partition coefficient (Wildman–Crippen LogP) is 1.99. The molecule has 2 aromatic heterocycles. The standard InChI is InChI=1S/C9H11ClN4/c1-3-6-4-14-5-7(10)13-8(11-2)9(14)12-6/h4-5H,3H2,1-2H3,(H,11,13). The Morgan fingerprint density at radius 2 is 2.21 bits per heavy atom. The van der Waals surface area contributed by atoms with Crippen LogP contribution in [-0.2, 0) is 6.42 Å². The highest BCUT2D eigenvalue weighted by Gasteiger charge is 2.06. The van der Waals surface area contributed by atoms with Gasteiger partial charge in [-0.05, 0) is 6.42 Å². The Morgan fingerprint density at radius 1 is 1.43 bits per heavy atom. The molecule has 0 aliphatic heterocycles. The molecule has 74 valence electrons. The highest BCUT2D eigenvalue weighted by atomic mass is 35.5. The Hall–Kier alpha value is -1.29. The predicted molar refractivity (Wildman–Crippen MR) is 56.9 cm³/mol. The van der Waals surface area contributed by atoms with Crippen LogP contribution >= 0.6 is 11.6 Å². The molecule has 0 fully saturated rings. The van der Waals surface area contributed by atoms with E-state index in [4.69, 9.17) is 11.6 Å². The van der Waals surface area contributed by atoms with Crippen molar-refractivity contribution in [2.45, 2.75) is 13.3 Å². The molecule has 5 heteroatoms. The van der Waals surface area contributed by atoms with Gasteiger partial charge in [0, 0.05) is 19.4 Å². The summed E-state index contributed by atoms with van der Waals surface area (Å²) in [5, 5.41) is 3.43. The largest absolute Gasteiger partial charge is 0.370 e. The summed E-state index contributed by atoms with van der Waals surface area (Å²) in [5.41, 5.74) is 1.85. The number of nitrogens with one attached hydrogen (secondary N) is 1. The van der Waals surface area contributed by atoms with E-state index in [2.05, 4.69) is 22.2 Å². The van der Waals surface area contributed by atoms with Crippen LogP contribution in [0.25, 0.3) is 5.65 Å². The first-order valence-electron chi connectivity index (χ1n) is 4.46. The number of hydrogen-bond acceptors (Lipinski definition) is 3. The second kappa shape index (κ2) is 3.46. The fraction of sp³-hybridized carbons (Fsp3) is 0.333. The van der Waals surface area contributed by atoms with E-state index in [1.807, 2.05) is 10.6 Å². The summed E-state index contributed by atoms with van der Waals surface area (Å²) in [6, 6.07) is 0. The van der Waals surface area contributed by atoms with Gasteiger partial charge in [0.2, 0.25) is 0 Å². The molecule has 14 heavy (non-hydrogen) atoms. The maximum absolute atomic E-state index is 5.86. The molecule has 4 nitrogen and oxygen atoms in total. The molecule has 0 saturated heterocycles. The van der Waals surface area contributed by atoms with Gasteiger partial charge in [-0.3, -0.25) is 0 Å². The van der Waals surface area contributed by atoms with Crippen LogP contribution in [0.3, 0.4) is 0 Å². The van der Waals surface area contributed by atoms with Crippen molar-refractivity contribution in [2.24, 2.45) is 0 Å². The summed E-state index contributed by atoms with van der Waals surface area (Å²) in [5.74, 6) is 0.706. The topological polar surface area (TPSA) is 42.2 Å². The Kier molecular flexibility index (Phi) is 2.29. The van der Waals surface area contributed by atoms with Crippen molar-refractivity contribution < 1.29 is 0 Å². The molecule has 2 rings (SSSR count). The second-order valence-corrected chi connectivity index (χ2v) is 3.37. The Morgan fingerprint density at radius 3 is 2.86 bits per heavy atom. The van der Waals surface area contributed by atoms with E-state index in [-0.39, 0.29) is 0 Å². The van der Waals surface area contributed by atoms with Gasteiger partial charge < -0.3 is 9.72 Å². The van der Waals surface area contributed by atoms with Crippen molar-refractivity contribution in [3.05, 3.63) is 23.2 Å². The number of nitrogens with zero attached hydrogens (tertiary/aromatic N) is 3. The van der Waals surface area contributed by atoms with Crippen LogP contribution in [0.4, 0.5) is 5.82 Å². The van der Waals surface area contributed by atoms with E-state index < -0.39 is 0 Å². The number of anilines is 1. The van der Waals surface area contributed by atoms with Gasteiger partial charge in [0.1, 0.15) is 5.15 Å². The lowest BCUT2D eigenvalue weighted by atomic mass is 10.4. The second-order valence-electron chi connectivity index (χ2n) is 2.98. The molecule has 0 atom stereocenters. The van der Waals surface area contributed by atoms with Gasteiger partial charge in [0.05, 0.1) is 5.69 Å². The Bertz CT molecular complexity index is 463. The minimum absolute atomic E-state index is 0.460. The average molecular weight is 211 g/mol. The first-order chi connectivity index (χ1) is 6.74. The van der Waals surface area contributed by atoms with Crippen LogP contribution in [-0.4, -0.2) is 21.4 Å². The van der Waals surface area contributed by atoms with Gasteiger partial charge >= 0.3 is 0 Å². The van der Waals surface area contributed by atoms with E-state index in [1.165, 1.54) is 0 Å². The molecule has 0 bridgehead atoms. The average Bonchev–Trinajstić information content (AvgIpc) is 2.59. The minimum atomic E-state index is 0.460. The molecule has 0 aromatic carbocycles. The molecule has 0 radical (unpaired) electrons. The molecule has 0 amide bonds. The first kappa shape index (κ1) is 9.27. The number of rotatable bonds is 2. The van der Waals surface area contributed by atoms with Crippen molar-refractivity contribution in [1.82, 2.24) is 14.4 Å². The molecule has 0 spiro atoms. The molecule has 0 saturated carbocycles. The zero-order valence-electron chi connectivity index (χ0n) is 8.08. The fourth-order valence-corrected chi connectivity index (χ4v) is 1.55. The number of imidazole rings is 1. The summed E-state index contributed by atoms with van der Waals surface area (Å²) >= 11 is 5.86. The molecule has 2 aromatic rings. The van der Waals surface area contributed by atoms with Crippen LogP contribution in [0.5, 0.6) is 0 Å². The van der Waals surface area contributed by atoms with Crippen LogP contribution < -0.4 is 5.32 Å². The monoisotopic (exact) mass is 210 g/mol. The molecule has 0 unspecified atom stereocenters. The van der Waals surface area contributed by atoms with Crippen molar-refractivity contribution in [1.29, 1.82) is 0 Å². The Balaban J connectivity index is 2.71. The lowest BCUT2D eigenvalue weighted by molar-refractivity contribution is 1.07. The third-order valence-corrected chi connectivity index (χ3v) is 2.24. The number of hydrogen-bond donors (Lipinski definition) is 1. The maximum atomic E-state index is 5.86. The number of halogens is 1. The number of aromatic nitrogens is 3. The van der Waals surface area contributed by atoms with Crippen molar-refractivity contribution in [2.75, 3.05) is 12.4 Å². The molecular formula is C9H11ClN4. The SMILES string of the molecule is CCc1cn2cc(Cl)nc(NC)c2n1. The zero-order chi connectivity index (χ0) is 10.1. The van der Waals surface area contributed by atoms with E-state index in [1.54, 1.807) is 13.2 Å². The lowest BCUT2D eigenvalue weighted by Gasteiger charge is -2.01. The lowest BCUT2D eigenvalue weighted by Crippen LogP contribution is -1.97. The third kappa shape index (κ3) is 1.42. The third-order valence-electron chi connectivity index (χ3n) is 2.06. The molecule has 0 aliphatic rings. The van der Waals surface area contributed by atoms with Gasteiger partial charge in [-0.1, -0.05) is 18.5 Å². The van der Waals surface area contributed by atoms with E-state index in [9.17, 15) is 0 Å². The van der Waals surface area contributed by atoms with Crippen LogP contribution in [0, 0.1) is 0 Å². The zero-order valence-corrected chi connectivity index (χ0v) is 8.84. The highest BCUT2D eigenvalue weighted by Crippen LogP contribution is 2.17. The van der Waals surface area contributed by atoms with Gasteiger partial charge in [0.25, 0.3) is 0 Å². The van der Waals surface area contributed by atoms with Gasteiger partial charge in [0.15, 0.2) is 11.5 Å². The van der Waals surface area contributed by atoms with E-state index in [0.29, 0.717) is 11.0 Å². The first-order valence-corrected chi connectivity index (χ1v) is 4.84. The summed E-state index contributed by atoms with van der Waals surface area (Å²) < 4.78 is 1.89. The quantitative estimate of drug-likeness (QED) is 0.825. The molecule has 1 N–H and O–H groups in total. The van der Waals surface area contributed by atoms with Crippen molar-refractivity contribution >= 4 is 23.1 Å². The summed E-state index contributed by atoms with van der Waals surface area (Å²) in [7, 11) is 1.80. The summed E-state index contributed by atoms with van der Waals surface area (Å²) in [4.78, 5) is 8.56. The fourth-order valence-electron chi connectivity index (χ4n) is 1.36. The minimum Gasteiger partial charge on any atom is -0.370 e. The van der Waals surface area contributed by atoms with Crippen LogP contribution in [0.15, 0.2) is 12.4 Å². The van der Waals surface area contributed by atoms with Gasteiger partial charge in [-0.15, -0.1) is 0 Å². The van der Waals surface area contributed by atoms with Gasteiger partial charge in [-0.25, -0.2) is 9.97 Å². The highest BCUT2D eigenvalue weighted by molar-refractivity contribution is 6.29. The smallest absolute Gasteiger partial charge is 0.180 e. The Labute approximate surface area is 86.9 Å². The number of fused-ring (bicyclic) bond motifs is 1. The van der Waals surface area contributed by atoms with Crippen LogP contribution in [0.1, 0.15) is 12.6 Å². The van der Waals surface area contributed by atoms with Gasteiger partial charge in [-0.2, -0.15) is 0 Å². The van der Waals surface area contributed by atoms with Crippen LogP contribution in [0.2, 0.25) is 5.15 Å². The normalized spacial score (nSPS) is 10.8. The van der Waals surface area contributed by atoms with E-state index >= 15 is 0 Å². The maximum Gasteiger partial charge on any atom is 0.180 e.